The van der Waals surface area contributed by atoms with Crippen LogP contribution in [0.15, 0.2) is 0 Å². The smallest absolute Gasteiger partial charge is 0.137 e. The molecule has 0 bridgehead atoms. The molecule has 1 heterocycles. The Bertz CT molecular complexity index is 367. The molecule has 2 nitrogen and oxygen atoms in total. The van der Waals surface area contributed by atoms with Gasteiger partial charge in [-0.05, 0) is 63.3 Å². The highest BCUT2D eigenvalue weighted by Gasteiger charge is 2.39. The summed E-state index contributed by atoms with van der Waals surface area (Å²) >= 11 is 0. The summed E-state index contributed by atoms with van der Waals surface area (Å²) < 4.78 is 0. The summed E-state index contributed by atoms with van der Waals surface area (Å²) in [4.78, 5) is 15.2. The Kier molecular flexibility index (Phi) is 5.03. The molecule has 5 unspecified atom stereocenters. The van der Waals surface area contributed by atoms with Crippen molar-refractivity contribution < 1.29 is 4.79 Å². The molecule has 0 radical (unpaired) electrons. The van der Waals surface area contributed by atoms with Gasteiger partial charge < -0.3 is 0 Å². The van der Waals surface area contributed by atoms with Gasteiger partial charge in [-0.1, -0.05) is 26.7 Å². The second kappa shape index (κ2) is 6.81. The molecule has 2 saturated carbocycles. The van der Waals surface area contributed by atoms with E-state index in [1.807, 2.05) is 0 Å². The summed E-state index contributed by atoms with van der Waals surface area (Å²) in [6.07, 6.45) is 12.5. The first-order valence-corrected chi connectivity index (χ1v) is 9.45. The molecule has 0 amide bonds. The monoisotopic (exact) mass is 291 g/mol. The lowest BCUT2D eigenvalue weighted by Gasteiger charge is -2.48. The Morgan fingerprint density at radius 3 is 2.48 bits per heavy atom. The first-order valence-electron chi connectivity index (χ1n) is 9.45. The lowest BCUT2D eigenvalue weighted by molar-refractivity contribution is -0.128. The van der Waals surface area contributed by atoms with Gasteiger partial charge in [-0.25, -0.2) is 0 Å². The van der Waals surface area contributed by atoms with Crippen molar-refractivity contribution in [3.05, 3.63) is 0 Å². The number of rotatable bonds is 2. The van der Waals surface area contributed by atoms with E-state index in [4.69, 9.17) is 0 Å². The molecular weight excluding hydrogens is 258 g/mol. The maximum absolute atomic E-state index is 12.4. The molecule has 120 valence electrons. The minimum Gasteiger partial charge on any atom is -0.299 e. The topological polar surface area (TPSA) is 20.3 Å². The van der Waals surface area contributed by atoms with Crippen molar-refractivity contribution >= 4 is 5.78 Å². The maximum atomic E-state index is 12.4. The zero-order valence-corrected chi connectivity index (χ0v) is 14.0. The van der Waals surface area contributed by atoms with Gasteiger partial charge in [0.15, 0.2) is 0 Å². The Morgan fingerprint density at radius 1 is 0.905 bits per heavy atom. The van der Waals surface area contributed by atoms with Crippen LogP contribution in [-0.4, -0.2) is 29.3 Å². The Morgan fingerprint density at radius 2 is 1.71 bits per heavy atom. The van der Waals surface area contributed by atoms with Gasteiger partial charge in [0.1, 0.15) is 5.78 Å². The summed E-state index contributed by atoms with van der Waals surface area (Å²) in [5.41, 5.74) is 0. The number of Topliss-reactive ketones (excluding diaryl/α,β-unsaturated/α-hetero) is 1. The van der Waals surface area contributed by atoms with Gasteiger partial charge in [0.2, 0.25) is 0 Å². The van der Waals surface area contributed by atoms with Gasteiger partial charge in [0.05, 0.1) is 0 Å². The van der Waals surface area contributed by atoms with Crippen molar-refractivity contribution in [2.24, 2.45) is 17.8 Å². The van der Waals surface area contributed by atoms with Crippen molar-refractivity contribution in [2.75, 3.05) is 6.54 Å². The average molecular weight is 291 g/mol. The zero-order valence-electron chi connectivity index (χ0n) is 14.0. The predicted octanol–water partition coefficient (Wildman–Crippen LogP) is 4.42. The fourth-order valence-electron chi connectivity index (χ4n) is 5.10. The molecule has 0 aromatic heterocycles. The van der Waals surface area contributed by atoms with Gasteiger partial charge in [-0.15, -0.1) is 0 Å². The van der Waals surface area contributed by atoms with E-state index in [0.29, 0.717) is 17.7 Å². The summed E-state index contributed by atoms with van der Waals surface area (Å²) in [5.74, 6) is 2.69. The lowest BCUT2D eigenvalue weighted by atomic mass is 9.75. The summed E-state index contributed by atoms with van der Waals surface area (Å²) in [6, 6.07) is 1.34. The van der Waals surface area contributed by atoms with Crippen molar-refractivity contribution in [1.82, 2.24) is 4.90 Å². The van der Waals surface area contributed by atoms with Crippen LogP contribution in [0.4, 0.5) is 0 Å². The largest absolute Gasteiger partial charge is 0.299 e. The number of likely N-dealkylation sites (tertiary alicyclic amines) is 1. The number of hydrogen-bond donors (Lipinski definition) is 0. The standard InChI is InChI=1S/C19H33NO/c1-14-10-11-16(13-15(14)2)20-12-6-5-8-18(20)17-7-3-4-9-19(17)21/h14-18H,3-13H2,1-2H3. The van der Waals surface area contributed by atoms with Crippen LogP contribution < -0.4 is 0 Å². The molecule has 0 aromatic carbocycles. The van der Waals surface area contributed by atoms with Crippen LogP contribution in [0.25, 0.3) is 0 Å². The minimum atomic E-state index is 0.369. The van der Waals surface area contributed by atoms with E-state index in [0.717, 1.165) is 30.7 Å². The molecule has 1 saturated heterocycles. The third kappa shape index (κ3) is 3.36. The highest BCUT2D eigenvalue weighted by atomic mass is 16.1. The van der Waals surface area contributed by atoms with Crippen molar-refractivity contribution in [3.8, 4) is 0 Å². The number of piperidine rings is 1. The molecule has 0 spiro atoms. The Balaban J connectivity index is 1.70. The summed E-state index contributed by atoms with van der Waals surface area (Å²) in [5, 5.41) is 0. The quantitative estimate of drug-likeness (QED) is 0.750. The van der Waals surface area contributed by atoms with Crippen LogP contribution in [0, 0.1) is 17.8 Å². The minimum absolute atomic E-state index is 0.369. The van der Waals surface area contributed by atoms with Crippen LogP contribution in [0.1, 0.15) is 78.1 Å². The fraction of sp³-hybridized carbons (Fsp3) is 0.947. The second-order valence-corrected chi connectivity index (χ2v) is 8.04. The molecule has 3 fully saturated rings. The molecule has 1 aliphatic heterocycles. The second-order valence-electron chi connectivity index (χ2n) is 8.04. The van der Waals surface area contributed by atoms with Crippen molar-refractivity contribution in [2.45, 2.75) is 90.1 Å². The van der Waals surface area contributed by atoms with Crippen LogP contribution >= 0.6 is 0 Å². The highest BCUT2D eigenvalue weighted by molar-refractivity contribution is 5.82. The lowest BCUT2D eigenvalue weighted by Crippen LogP contribution is -2.53. The number of ketones is 1. The van der Waals surface area contributed by atoms with Gasteiger partial charge in [0.25, 0.3) is 0 Å². The van der Waals surface area contributed by atoms with Crippen molar-refractivity contribution in [1.29, 1.82) is 0 Å². The molecule has 3 rings (SSSR count). The van der Waals surface area contributed by atoms with Gasteiger partial charge >= 0.3 is 0 Å². The summed E-state index contributed by atoms with van der Waals surface area (Å²) in [6.45, 7) is 6.10. The summed E-state index contributed by atoms with van der Waals surface area (Å²) in [7, 11) is 0. The van der Waals surface area contributed by atoms with Crippen molar-refractivity contribution in [3.63, 3.8) is 0 Å². The number of hydrogen-bond acceptors (Lipinski definition) is 2. The zero-order chi connectivity index (χ0) is 14.8. The van der Waals surface area contributed by atoms with E-state index in [2.05, 4.69) is 18.7 Å². The molecule has 0 aromatic rings. The predicted molar refractivity (Wildman–Crippen MR) is 87.3 cm³/mol. The normalized spacial score (nSPS) is 43.0. The molecule has 0 N–H and O–H groups in total. The Labute approximate surface area is 130 Å². The van der Waals surface area contributed by atoms with Crippen LogP contribution in [0.2, 0.25) is 0 Å². The molecule has 21 heavy (non-hydrogen) atoms. The van der Waals surface area contributed by atoms with Crippen LogP contribution in [-0.2, 0) is 4.79 Å². The van der Waals surface area contributed by atoms with Gasteiger partial charge in [-0.3, -0.25) is 9.69 Å². The highest BCUT2D eigenvalue weighted by Crippen LogP contribution is 2.38. The number of carbonyl (C=O) groups is 1. The van der Waals surface area contributed by atoms with Gasteiger partial charge in [0, 0.05) is 24.4 Å². The first-order chi connectivity index (χ1) is 10.2. The molecule has 3 aliphatic rings. The van der Waals surface area contributed by atoms with E-state index >= 15 is 0 Å². The number of carbonyl (C=O) groups excluding carboxylic acids is 1. The van der Waals surface area contributed by atoms with E-state index in [-0.39, 0.29) is 0 Å². The Hall–Kier alpha value is -0.370. The molecule has 2 heteroatoms. The molecular formula is C19H33NO. The average Bonchev–Trinajstić information content (AvgIpc) is 2.51. The van der Waals surface area contributed by atoms with E-state index in [9.17, 15) is 4.79 Å². The van der Waals surface area contributed by atoms with E-state index in [1.54, 1.807) is 0 Å². The molecule has 5 atom stereocenters. The number of nitrogens with zero attached hydrogens (tertiary/aromatic N) is 1. The van der Waals surface area contributed by atoms with Crippen LogP contribution in [0.3, 0.4) is 0 Å². The van der Waals surface area contributed by atoms with E-state index in [1.165, 1.54) is 57.9 Å². The molecule has 2 aliphatic carbocycles. The SMILES string of the molecule is CC1CCC(N2CCCCC2C2CCCCC2=O)CC1C. The third-order valence-corrected chi connectivity index (χ3v) is 6.70. The van der Waals surface area contributed by atoms with Crippen LogP contribution in [0.5, 0.6) is 0 Å². The van der Waals surface area contributed by atoms with Gasteiger partial charge in [-0.2, -0.15) is 0 Å². The first kappa shape index (κ1) is 15.5. The maximum Gasteiger partial charge on any atom is 0.137 e. The van der Waals surface area contributed by atoms with E-state index < -0.39 is 0 Å². The fourth-order valence-corrected chi connectivity index (χ4v) is 5.10. The third-order valence-electron chi connectivity index (χ3n) is 6.70.